The first-order valence-corrected chi connectivity index (χ1v) is 9.62. The van der Waals surface area contributed by atoms with Crippen LogP contribution in [0.2, 0.25) is 0 Å². The van der Waals surface area contributed by atoms with E-state index in [0.717, 1.165) is 21.9 Å². The van der Waals surface area contributed by atoms with Gasteiger partial charge in [-0.05, 0) is 66.2 Å². The summed E-state index contributed by atoms with van der Waals surface area (Å²) in [4.78, 5) is 13.8. The highest BCUT2D eigenvalue weighted by molar-refractivity contribution is 6.08. The van der Waals surface area contributed by atoms with E-state index in [-0.39, 0.29) is 11.4 Å². The monoisotopic (exact) mass is 398 g/mol. The van der Waals surface area contributed by atoms with Crippen LogP contribution in [0.1, 0.15) is 0 Å². The van der Waals surface area contributed by atoms with E-state index in [9.17, 15) is 9.18 Å². The number of para-hydroxylation sites is 1. The van der Waals surface area contributed by atoms with E-state index in [1.54, 1.807) is 23.8 Å². The molecule has 0 aliphatic heterocycles. The fourth-order valence-corrected chi connectivity index (χ4v) is 4.06. The van der Waals surface area contributed by atoms with E-state index >= 15 is 0 Å². The maximum Gasteiger partial charge on any atom is 0.280 e. The summed E-state index contributed by atoms with van der Waals surface area (Å²) in [6.45, 7) is 0. The molecule has 2 aromatic heterocycles. The highest BCUT2D eigenvalue weighted by Crippen LogP contribution is 2.31. The minimum atomic E-state index is -0.316. The minimum absolute atomic E-state index is 0.129. The Bertz CT molecular complexity index is 1450. The van der Waals surface area contributed by atoms with Gasteiger partial charge in [0.2, 0.25) is 0 Å². The molecule has 0 unspecified atom stereocenters. The Hall–Kier alpha value is -3.86. The molecule has 4 nitrogen and oxygen atoms in total. The van der Waals surface area contributed by atoms with Crippen LogP contribution in [-0.4, -0.2) is 16.2 Å². The second-order valence-corrected chi connectivity index (χ2v) is 7.21. The van der Waals surface area contributed by atoms with Crippen LogP contribution in [0.4, 0.5) is 4.39 Å². The quantitative estimate of drug-likeness (QED) is 0.414. The van der Waals surface area contributed by atoms with Crippen LogP contribution in [0.15, 0.2) is 83.7 Å². The van der Waals surface area contributed by atoms with Crippen LogP contribution in [0.25, 0.3) is 38.8 Å². The summed E-state index contributed by atoms with van der Waals surface area (Å²) in [5.74, 6) is 0.393. The third-order valence-electron chi connectivity index (χ3n) is 5.54. The van der Waals surface area contributed by atoms with E-state index in [0.29, 0.717) is 22.6 Å². The van der Waals surface area contributed by atoms with Crippen LogP contribution in [-0.2, 0) is 7.05 Å². The van der Waals surface area contributed by atoms with E-state index < -0.39 is 0 Å². The number of benzene rings is 3. The first-order valence-electron chi connectivity index (χ1n) is 9.62. The first-order chi connectivity index (χ1) is 14.6. The van der Waals surface area contributed by atoms with Gasteiger partial charge < -0.3 is 9.30 Å². The lowest BCUT2D eigenvalue weighted by atomic mass is 10.1. The van der Waals surface area contributed by atoms with Crippen LogP contribution >= 0.6 is 0 Å². The molecular weight excluding hydrogens is 379 g/mol. The summed E-state index contributed by atoms with van der Waals surface area (Å²) in [5, 5.41) is 1.89. The molecule has 5 aromatic rings. The van der Waals surface area contributed by atoms with Gasteiger partial charge in [0.15, 0.2) is 0 Å². The van der Waals surface area contributed by atoms with Gasteiger partial charge in [0.1, 0.15) is 17.1 Å². The van der Waals surface area contributed by atoms with Crippen molar-refractivity contribution in [3.8, 4) is 22.7 Å². The molecule has 0 radical (unpaired) electrons. The summed E-state index contributed by atoms with van der Waals surface area (Å²) in [6, 6.07) is 23.5. The number of halogens is 1. The highest BCUT2D eigenvalue weighted by atomic mass is 19.1. The second-order valence-electron chi connectivity index (χ2n) is 7.21. The van der Waals surface area contributed by atoms with Crippen molar-refractivity contribution in [1.82, 2.24) is 9.13 Å². The summed E-state index contributed by atoms with van der Waals surface area (Å²) < 4.78 is 22.4. The zero-order chi connectivity index (χ0) is 20.8. The predicted molar refractivity (Wildman–Crippen MR) is 118 cm³/mol. The van der Waals surface area contributed by atoms with Gasteiger partial charge >= 0.3 is 0 Å². The largest absolute Gasteiger partial charge is 0.497 e. The number of hydrogen-bond acceptors (Lipinski definition) is 2. The maximum atomic E-state index is 13.8. The number of ether oxygens (including phenoxy) is 1. The molecule has 5 heteroatoms. The zero-order valence-electron chi connectivity index (χ0n) is 16.6. The van der Waals surface area contributed by atoms with E-state index in [2.05, 4.69) is 0 Å². The van der Waals surface area contributed by atoms with Gasteiger partial charge in [-0.3, -0.25) is 9.36 Å². The van der Waals surface area contributed by atoms with Gasteiger partial charge in [0.05, 0.1) is 12.8 Å². The van der Waals surface area contributed by atoms with Gasteiger partial charge in [-0.1, -0.05) is 18.2 Å². The molecule has 0 fully saturated rings. The Morgan fingerprint density at radius 2 is 1.57 bits per heavy atom. The topological polar surface area (TPSA) is 36.2 Å². The summed E-state index contributed by atoms with van der Waals surface area (Å²) in [7, 11) is 3.51. The van der Waals surface area contributed by atoms with Crippen molar-refractivity contribution in [3.63, 3.8) is 0 Å². The summed E-state index contributed by atoms with van der Waals surface area (Å²) >= 11 is 0. The number of pyridine rings is 1. The fraction of sp³-hybridized carbons (Fsp3) is 0.0800. The Kier molecular flexibility index (Phi) is 4.17. The zero-order valence-corrected chi connectivity index (χ0v) is 16.6. The molecule has 0 spiro atoms. The maximum absolute atomic E-state index is 13.8. The molecule has 148 valence electrons. The standard InChI is InChI=1S/C25H19FN2O2/c1-27-22-6-4-3-5-20(22)21-15-23(16-7-9-17(26)10-8-16)28(25(29)24(21)27)18-11-13-19(30-2)14-12-18/h3-15H,1-2H3. The lowest BCUT2D eigenvalue weighted by molar-refractivity contribution is 0.414. The van der Waals surface area contributed by atoms with Gasteiger partial charge in [0, 0.05) is 29.0 Å². The Labute approximate surface area is 172 Å². The van der Waals surface area contributed by atoms with Crippen LogP contribution in [0, 0.1) is 5.82 Å². The molecule has 5 rings (SSSR count). The van der Waals surface area contributed by atoms with Crippen LogP contribution in [0.3, 0.4) is 0 Å². The molecule has 0 N–H and O–H groups in total. The SMILES string of the molecule is COc1ccc(-n2c(-c3ccc(F)cc3)cc3c4ccccc4n(C)c3c2=O)cc1. The number of aromatic nitrogens is 2. The van der Waals surface area contributed by atoms with E-state index in [1.165, 1.54) is 12.1 Å². The number of rotatable bonds is 3. The first kappa shape index (κ1) is 18.2. The molecule has 0 aliphatic rings. The predicted octanol–water partition coefficient (Wildman–Crippen LogP) is 5.30. The molecule has 2 heterocycles. The summed E-state index contributed by atoms with van der Waals surface area (Å²) in [5.41, 5.74) is 3.66. The number of fused-ring (bicyclic) bond motifs is 3. The minimum Gasteiger partial charge on any atom is -0.497 e. The molecule has 0 aliphatic carbocycles. The normalized spacial score (nSPS) is 11.3. The average molecular weight is 398 g/mol. The third-order valence-corrected chi connectivity index (χ3v) is 5.54. The van der Waals surface area contributed by atoms with Crippen molar-refractivity contribution in [2.75, 3.05) is 7.11 Å². The lowest BCUT2D eigenvalue weighted by Crippen LogP contribution is -2.21. The highest BCUT2D eigenvalue weighted by Gasteiger charge is 2.18. The fourth-order valence-electron chi connectivity index (χ4n) is 4.06. The van der Waals surface area contributed by atoms with Crippen LogP contribution in [0.5, 0.6) is 5.75 Å². The van der Waals surface area contributed by atoms with Gasteiger partial charge in [-0.15, -0.1) is 0 Å². The molecule has 0 bridgehead atoms. The van der Waals surface area contributed by atoms with E-state index in [4.69, 9.17) is 4.74 Å². The Balaban J connectivity index is 1.92. The van der Waals surface area contributed by atoms with Crippen molar-refractivity contribution in [2.24, 2.45) is 7.05 Å². The second kappa shape index (κ2) is 6.88. The van der Waals surface area contributed by atoms with Gasteiger partial charge in [0.25, 0.3) is 5.56 Å². The van der Waals surface area contributed by atoms with Crippen molar-refractivity contribution < 1.29 is 9.13 Å². The number of hydrogen-bond donors (Lipinski definition) is 0. The Morgan fingerprint density at radius 1 is 0.867 bits per heavy atom. The van der Waals surface area contributed by atoms with Gasteiger partial charge in [-0.25, -0.2) is 4.39 Å². The lowest BCUT2D eigenvalue weighted by Gasteiger charge is -2.15. The smallest absolute Gasteiger partial charge is 0.280 e. The molecule has 3 aromatic carbocycles. The van der Waals surface area contributed by atoms with Crippen molar-refractivity contribution >= 4 is 21.8 Å². The van der Waals surface area contributed by atoms with E-state index in [1.807, 2.05) is 66.2 Å². The van der Waals surface area contributed by atoms with Gasteiger partial charge in [-0.2, -0.15) is 0 Å². The number of nitrogens with zero attached hydrogens (tertiary/aromatic N) is 2. The molecule has 0 saturated carbocycles. The third kappa shape index (κ3) is 2.70. The van der Waals surface area contributed by atoms with Crippen molar-refractivity contribution in [1.29, 1.82) is 0 Å². The summed E-state index contributed by atoms with van der Waals surface area (Å²) in [6.07, 6.45) is 0. The number of aryl methyl sites for hydroxylation is 1. The molecule has 0 saturated heterocycles. The molecule has 0 amide bonds. The Morgan fingerprint density at radius 3 is 2.27 bits per heavy atom. The van der Waals surface area contributed by atoms with Crippen molar-refractivity contribution in [3.05, 3.63) is 95.0 Å². The molecule has 0 atom stereocenters. The molecular formula is C25H19FN2O2. The number of methoxy groups -OCH3 is 1. The van der Waals surface area contributed by atoms with Crippen molar-refractivity contribution in [2.45, 2.75) is 0 Å². The van der Waals surface area contributed by atoms with Crippen LogP contribution < -0.4 is 10.3 Å². The average Bonchev–Trinajstić information content (AvgIpc) is 3.07. The molecule has 30 heavy (non-hydrogen) atoms.